The van der Waals surface area contributed by atoms with Crippen LogP contribution in [-0.2, 0) is 16.0 Å². The zero-order chi connectivity index (χ0) is 57.7. The molecule has 5 amide bonds. The van der Waals surface area contributed by atoms with Crippen molar-refractivity contribution in [3.63, 3.8) is 0 Å². The summed E-state index contributed by atoms with van der Waals surface area (Å²) in [5, 5.41) is 50.1. The number of phenols is 1. The number of thiazole rings is 6. The molecule has 0 aliphatic carbocycles. The molecular formula is C55H48N12O9S6. The van der Waals surface area contributed by atoms with E-state index >= 15 is 4.79 Å². The van der Waals surface area contributed by atoms with Gasteiger partial charge in [0.2, 0.25) is 11.8 Å². The molecule has 1 fully saturated rings. The number of nitrogens with two attached hydrogens (primary N) is 2. The average molecular weight is 1210 g/mol. The maximum Gasteiger partial charge on any atom is 0.271 e. The molecule has 9 aromatic rings. The average Bonchev–Trinajstić information content (AvgIpc) is 4.53. The number of ketones is 1. The van der Waals surface area contributed by atoms with E-state index in [-0.39, 0.29) is 64.3 Å². The molecule has 11 rings (SSSR count). The molecule has 1 saturated heterocycles. The third-order valence-electron chi connectivity index (χ3n) is 14.1. The fraction of sp³-hybridized carbons (Fsp3) is 0.255. The second kappa shape index (κ2) is 23.2. The molecule has 0 spiro atoms. The minimum atomic E-state index is -1.30. The summed E-state index contributed by atoms with van der Waals surface area (Å²) in [7, 11) is 0. The zero-order valence-corrected chi connectivity index (χ0v) is 48.4. The quantitative estimate of drug-likeness (QED) is 0.0770. The highest BCUT2D eigenvalue weighted by molar-refractivity contribution is 7.15. The number of aryl methyl sites for hydroxylation is 2. The molecule has 9 N–H and O–H groups in total. The van der Waals surface area contributed by atoms with Crippen LogP contribution in [0, 0.1) is 19.8 Å². The summed E-state index contributed by atoms with van der Waals surface area (Å²) < 4.78 is 0. The first kappa shape index (κ1) is 56.0. The van der Waals surface area contributed by atoms with Gasteiger partial charge in [-0.25, -0.2) is 34.9 Å². The topological polar surface area (TPSA) is 333 Å². The Morgan fingerprint density at radius 2 is 1.37 bits per heavy atom. The molecule has 9 heterocycles. The Morgan fingerprint density at radius 3 is 2.11 bits per heavy atom. The standard InChI is InChI=1S/C55H48N12O9S6/c1-23-13-26(9-12-38(23)68)14-32-55(76)67-17-40(70)24(2)44(67)54-65-37(22-81-54)52-61-33(18-79-52)43-28(10-11-30(58-43)51-62-34(19-80-51)46(57)73)49-63-35(20-77-49)47(74)59-31(16-41(56)71)53-66-42(25(3)82-53)39(69)15-29(45(72)27-7-5-4-6-8-27)50-64-36(21-78-50)48(75)60-32/h4-13,18-22,24,29,31-32,40,44-45,68,70,72H,14-17H2,1-3H3,(H2,56,71)(H2,57,73)(H,59,74)(H,60,75)/t24-,29-,31-,32-,40-,44-,45+/m0/s1. The summed E-state index contributed by atoms with van der Waals surface area (Å²) in [4.78, 5) is 119. The SMILES string of the molecule is Cc1cc(C[C@@H]2NC(=O)c3csc(n3)[C@H]([C@H](O)c3ccccc3)CC(=O)c3nc(sc3C)[C@H](CC(N)=O)NC(=O)c3csc(n3)-c3ccc(-c4nc(C(N)=O)cs4)nc3-c3csc(n3)-c3csc(n3)[C@@H]3[C@@H](C)[C@@H](O)CN3C2=O)ccc1O. The van der Waals surface area contributed by atoms with Crippen molar-refractivity contribution in [2.75, 3.05) is 6.54 Å². The van der Waals surface area contributed by atoms with Crippen molar-refractivity contribution >= 4 is 103 Å². The van der Waals surface area contributed by atoms with Crippen LogP contribution < -0.4 is 22.1 Å². The van der Waals surface area contributed by atoms with Gasteiger partial charge in [-0.1, -0.05) is 49.4 Å². The Labute approximate surface area is 490 Å². The van der Waals surface area contributed by atoms with Crippen molar-refractivity contribution in [2.45, 2.75) is 76.3 Å². The van der Waals surface area contributed by atoms with Gasteiger partial charge in [-0.2, -0.15) is 0 Å². The molecule has 7 atom stereocenters. The number of rotatable bonds is 8. The Kier molecular flexibility index (Phi) is 15.8. The number of benzene rings is 2. The van der Waals surface area contributed by atoms with E-state index in [2.05, 4.69) is 20.6 Å². The van der Waals surface area contributed by atoms with Crippen molar-refractivity contribution in [1.82, 2.24) is 50.4 Å². The zero-order valence-electron chi connectivity index (χ0n) is 43.5. The summed E-state index contributed by atoms with van der Waals surface area (Å²) in [5.74, 6) is -5.31. The lowest BCUT2D eigenvalue weighted by Gasteiger charge is -2.29. The van der Waals surface area contributed by atoms with Gasteiger partial charge < -0.3 is 42.3 Å². The molecule has 0 radical (unpaired) electrons. The summed E-state index contributed by atoms with van der Waals surface area (Å²) >= 11 is 7.02. The smallest absolute Gasteiger partial charge is 0.271 e. The molecule has 0 unspecified atom stereocenters. The van der Waals surface area contributed by atoms with Gasteiger partial charge in [0.1, 0.15) is 76.7 Å². The second-order valence-electron chi connectivity index (χ2n) is 19.7. The summed E-state index contributed by atoms with van der Waals surface area (Å²) in [6, 6.07) is 14.0. The predicted molar refractivity (Wildman–Crippen MR) is 311 cm³/mol. The third-order valence-corrected chi connectivity index (χ3v) is 19.7. The number of aromatic hydroxyl groups is 1. The highest BCUT2D eigenvalue weighted by Gasteiger charge is 2.45. The van der Waals surface area contributed by atoms with Gasteiger partial charge in [0.25, 0.3) is 17.7 Å². The van der Waals surface area contributed by atoms with Crippen molar-refractivity contribution in [3.8, 4) is 49.1 Å². The minimum absolute atomic E-state index is 0.00665. The number of aliphatic hydroxyl groups is 2. The van der Waals surface area contributed by atoms with Crippen molar-refractivity contribution < 1.29 is 44.1 Å². The maximum absolute atomic E-state index is 15.2. The molecular weight excluding hydrogens is 1170 g/mol. The molecule has 21 nitrogen and oxygen atoms in total. The Hall–Kier alpha value is -7.89. The number of hydrogen-bond donors (Lipinski definition) is 7. The number of aromatic nitrogens is 7. The van der Waals surface area contributed by atoms with Gasteiger partial charge >= 0.3 is 0 Å². The first-order chi connectivity index (χ1) is 39.4. The number of fused-ring (bicyclic) bond motifs is 16. The summed E-state index contributed by atoms with van der Waals surface area (Å²) in [6.45, 7) is 5.14. The molecule has 418 valence electrons. The molecule has 0 saturated carbocycles. The highest BCUT2D eigenvalue weighted by Crippen LogP contribution is 2.43. The van der Waals surface area contributed by atoms with Gasteiger partial charge in [-0.05, 0) is 48.7 Å². The number of carbonyl (C=O) groups is 6. The van der Waals surface area contributed by atoms with E-state index < -0.39 is 77.5 Å². The van der Waals surface area contributed by atoms with Crippen molar-refractivity contribution in [2.24, 2.45) is 17.4 Å². The first-order valence-electron chi connectivity index (χ1n) is 25.4. The number of primary amides is 2. The molecule has 2 aliphatic rings. The van der Waals surface area contributed by atoms with E-state index in [1.807, 2.05) is 12.3 Å². The lowest BCUT2D eigenvalue weighted by atomic mass is 9.90. The van der Waals surface area contributed by atoms with Crippen LogP contribution in [0.4, 0.5) is 0 Å². The third kappa shape index (κ3) is 11.4. The summed E-state index contributed by atoms with van der Waals surface area (Å²) in [6.07, 6.45) is -2.99. The molecule has 82 heavy (non-hydrogen) atoms. The number of amides is 5. The van der Waals surface area contributed by atoms with Crippen molar-refractivity contribution in [1.29, 1.82) is 0 Å². The molecule has 2 aromatic carbocycles. The van der Waals surface area contributed by atoms with E-state index in [0.717, 1.165) is 34.0 Å². The number of nitrogens with zero attached hydrogens (tertiary/aromatic N) is 8. The number of nitrogens with one attached hydrogen (secondary N) is 2. The Balaban J connectivity index is 1.02. The van der Waals surface area contributed by atoms with Crippen LogP contribution in [0.3, 0.4) is 0 Å². The van der Waals surface area contributed by atoms with Gasteiger partial charge in [0.05, 0.1) is 41.4 Å². The number of pyridine rings is 1. The fourth-order valence-corrected chi connectivity index (χ4v) is 15.2. The lowest BCUT2D eigenvalue weighted by Crippen LogP contribution is -2.50. The largest absolute Gasteiger partial charge is 0.508 e. The lowest BCUT2D eigenvalue weighted by molar-refractivity contribution is -0.134. The Bertz CT molecular complexity index is 3960. The summed E-state index contributed by atoms with van der Waals surface area (Å²) in [5.41, 5.74) is 15.1. The number of carbonyl (C=O) groups excluding carboxylic acids is 6. The second-order valence-corrected chi connectivity index (χ2v) is 25.3. The van der Waals surface area contributed by atoms with Crippen LogP contribution >= 0.6 is 68.0 Å². The van der Waals surface area contributed by atoms with Crippen LogP contribution in [0.25, 0.3) is 43.4 Å². The van der Waals surface area contributed by atoms with E-state index in [4.69, 9.17) is 36.4 Å². The maximum atomic E-state index is 15.2. The molecule has 27 heteroatoms. The first-order valence-corrected chi connectivity index (χ1v) is 30.6. The van der Waals surface area contributed by atoms with Crippen LogP contribution in [0.1, 0.15) is 122 Å². The minimum Gasteiger partial charge on any atom is -0.508 e. The fourth-order valence-electron chi connectivity index (χ4n) is 9.78. The van der Waals surface area contributed by atoms with E-state index in [9.17, 15) is 39.3 Å². The molecule has 7 aromatic heterocycles. The monoisotopic (exact) mass is 1210 g/mol. The van der Waals surface area contributed by atoms with Gasteiger partial charge in [-0.15, -0.1) is 68.0 Å². The van der Waals surface area contributed by atoms with E-state index in [1.165, 1.54) is 55.7 Å². The van der Waals surface area contributed by atoms with Crippen LogP contribution in [0.15, 0.2) is 87.6 Å². The normalized spacial score (nSPS) is 20.0. The van der Waals surface area contributed by atoms with Crippen LogP contribution in [-0.4, -0.2) is 109 Å². The van der Waals surface area contributed by atoms with Crippen molar-refractivity contribution in [3.05, 3.63) is 147 Å². The highest BCUT2D eigenvalue weighted by atomic mass is 32.1. The van der Waals surface area contributed by atoms with Crippen LogP contribution in [0.5, 0.6) is 5.75 Å². The van der Waals surface area contributed by atoms with E-state index in [0.29, 0.717) is 69.9 Å². The van der Waals surface area contributed by atoms with Gasteiger partial charge in [0.15, 0.2) is 5.78 Å². The number of Topliss-reactive ketones (excluding diaryl/α,β-unsaturated/α-hetero) is 1. The number of hydrogen-bond acceptors (Lipinski definition) is 22. The molecule has 10 bridgehead atoms. The predicted octanol–water partition coefficient (Wildman–Crippen LogP) is 7.58. The molecule has 2 aliphatic heterocycles. The number of phenolic OH excluding ortho intramolecular Hbond substituents is 1. The van der Waals surface area contributed by atoms with E-state index in [1.54, 1.807) is 79.2 Å². The van der Waals surface area contributed by atoms with Gasteiger partial charge in [-0.3, -0.25) is 28.8 Å². The number of aliphatic hydroxyl groups excluding tert-OH is 2. The van der Waals surface area contributed by atoms with Crippen LogP contribution in [0.2, 0.25) is 0 Å². The Morgan fingerprint density at radius 1 is 0.707 bits per heavy atom. The van der Waals surface area contributed by atoms with Gasteiger partial charge in [0, 0.05) is 68.6 Å².